The molecule has 6 heteroatoms. The molecule has 1 amide bonds. The van der Waals surface area contributed by atoms with Gasteiger partial charge in [0, 0.05) is 25.9 Å². The third kappa shape index (κ3) is 1.91. The minimum Gasteiger partial charge on any atom is -0.438 e. The van der Waals surface area contributed by atoms with Crippen LogP contribution >= 0.6 is 0 Å². The molecule has 1 saturated heterocycles. The highest BCUT2D eigenvalue weighted by Crippen LogP contribution is 2.14. The first-order valence-electron chi connectivity index (χ1n) is 5.11. The average Bonchev–Trinajstić information content (AvgIpc) is 2.75. The van der Waals surface area contributed by atoms with Crippen molar-refractivity contribution < 1.29 is 14.4 Å². The number of aromatic nitrogens is 1. The highest BCUT2D eigenvalue weighted by Gasteiger charge is 2.24. The number of oxazole rings is 1. The Morgan fingerprint density at radius 3 is 2.75 bits per heavy atom. The largest absolute Gasteiger partial charge is 0.438 e. The Morgan fingerprint density at radius 2 is 2.25 bits per heavy atom. The smallest absolute Gasteiger partial charge is 0.291 e. The van der Waals surface area contributed by atoms with E-state index in [0.29, 0.717) is 37.4 Å². The molecule has 0 aliphatic carbocycles. The zero-order chi connectivity index (χ0) is 11.5. The molecule has 1 aliphatic heterocycles. The zero-order valence-corrected chi connectivity index (χ0v) is 9.01. The maximum absolute atomic E-state index is 12.0. The van der Waals surface area contributed by atoms with E-state index in [1.165, 1.54) is 6.39 Å². The van der Waals surface area contributed by atoms with Gasteiger partial charge in [-0.15, -0.1) is 0 Å². The molecular formula is C10H13N3O3. The van der Waals surface area contributed by atoms with Crippen molar-refractivity contribution >= 4 is 11.6 Å². The van der Waals surface area contributed by atoms with Gasteiger partial charge in [0.15, 0.2) is 6.39 Å². The average molecular weight is 223 g/mol. The van der Waals surface area contributed by atoms with E-state index in [9.17, 15) is 4.79 Å². The Hall–Kier alpha value is -1.85. The van der Waals surface area contributed by atoms with E-state index in [1.807, 2.05) is 0 Å². The lowest BCUT2D eigenvalue weighted by Gasteiger charge is -2.26. The van der Waals surface area contributed by atoms with Crippen molar-refractivity contribution in [2.45, 2.75) is 19.8 Å². The highest BCUT2D eigenvalue weighted by molar-refractivity contribution is 5.94. The van der Waals surface area contributed by atoms with Gasteiger partial charge in [-0.2, -0.15) is 0 Å². The Balaban J connectivity index is 2.05. The predicted molar refractivity (Wildman–Crippen MR) is 55.6 cm³/mol. The summed E-state index contributed by atoms with van der Waals surface area (Å²) in [5, 5.41) is 11.8. The van der Waals surface area contributed by atoms with Crippen LogP contribution in [0.3, 0.4) is 0 Å². The SMILES string of the molecule is Cc1ncoc1C(=O)N1CCC(=NO)CC1. The Labute approximate surface area is 92.6 Å². The van der Waals surface area contributed by atoms with Gasteiger partial charge in [-0.25, -0.2) is 4.98 Å². The monoisotopic (exact) mass is 223 g/mol. The normalized spacial score (nSPS) is 16.3. The fourth-order valence-corrected chi connectivity index (χ4v) is 1.72. The number of piperidine rings is 1. The van der Waals surface area contributed by atoms with Gasteiger partial charge in [0.2, 0.25) is 5.76 Å². The minimum absolute atomic E-state index is 0.146. The van der Waals surface area contributed by atoms with Crippen LogP contribution in [0, 0.1) is 6.92 Å². The van der Waals surface area contributed by atoms with Gasteiger partial charge >= 0.3 is 0 Å². The van der Waals surface area contributed by atoms with Crippen molar-refractivity contribution in [2.75, 3.05) is 13.1 Å². The van der Waals surface area contributed by atoms with Crippen molar-refractivity contribution in [2.24, 2.45) is 5.16 Å². The van der Waals surface area contributed by atoms with Crippen molar-refractivity contribution in [3.8, 4) is 0 Å². The second kappa shape index (κ2) is 4.34. The number of rotatable bonds is 1. The van der Waals surface area contributed by atoms with Gasteiger partial charge in [-0.1, -0.05) is 5.16 Å². The standard InChI is InChI=1S/C10H13N3O3/c1-7-9(16-6-11-7)10(14)13-4-2-8(12-15)3-5-13/h6,15H,2-5H2,1H3. The third-order valence-corrected chi connectivity index (χ3v) is 2.71. The summed E-state index contributed by atoms with van der Waals surface area (Å²) in [6.07, 6.45) is 2.48. The molecule has 2 heterocycles. The number of aryl methyl sites for hydroxylation is 1. The molecule has 0 radical (unpaired) electrons. The molecule has 0 spiro atoms. The maximum Gasteiger partial charge on any atom is 0.291 e. The van der Waals surface area contributed by atoms with Gasteiger partial charge in [-0.3, -0.25) is 4.79 Å². The zero-order valence-electron chi connectivity index (χ0n) is 9.01. The van der Waals surface area contributed by atoms with Crippen LogP contribution < -0.4 is 0 Å². The Kier molecular flexibility index (Phi) is 2.89. The summed E-state index contributed by atoms with van der Waals surface area (Å²) < 4.78 is 5.05. The molecule has 1 aromatic heterocycles. The van der Waals surface area contributed by atoms with Crippen LogP contribution in [0.2, 0.25) is 0 Å². The van der Waals surface area contributed by atoms with Gasteiger partial charge in [0.25, 0.3) is 5.91 Å². The number of likely N-dealkylation sites (tertiary alicyclic amines) is 1. The van der Waals surface area contributed by atoms with Crippen LogP contribution in [-0.2, 0) is 0 Å². The van der Waals surface area contributed by atoms with E-state index in [2.05, 4.69) is 10.1 Å². The predicted octanol–water partition coefficient (Wildman–Crippen LogP) is 1.05. The summed E-state index contributed by atoms with van der Waals surface area (Å²) in [7, 11) is 0. The Morgan fingerprint density at radius 1 is 1.56 bits per heavy atom. The molecule has 0 aromatic carbocycles. The van der Waals surface area contributed by atoms with E-state index in [0.717, 1.165) is 5.71 Å². The van der Waals surface area contributed by atoms with Crippen LogP contribution in [0.4, 0.5) is 0 Å². The molecule has 1 N–H and O–H groups in total. The molecular weight excluding hydrogens is 210 g/mol. The topological polar surface area (TPSA) is 78.9 Å². The molecule has 1 fully saturated rings. The van der Waals surface area contributed by atoms with Crippen LogP contribution in [0.25, 0.3) is 0 Å². The number of oxime groups is 1. The lowest BCUT2D eigenvalue weighted by molar-refractivity contribution is 0.0720. The van der Waals surface area contributed by atoms with Crippen LogP contribution in [0.5, 0.6) is 0 Å². The Bertz CT molecular complexity index is 415. The fraction of sp³-hybridized carbons (Fsp3) is 0.500. The summed E-state index contributed by atoms with van der Waals surface area (Å²) in [5.41, 5.74) is 1.34. The first-order chi connectivity index (χ1) is 7.72. The molecule has 1 aliphatic rings. The van der Waals surface area contributed by atoms with Crippen molar-refractivity contribution in [1.29, 1.82) is 0 Å². The number of nitrogens with zero attached hydrogens (tertiary/aromatic N) is 3. The number of hydrogen-bond donors (Lipinski definition) is 1. The van der Waals surface area contributed by atoms with Crippen LogP contribution in [0.1, 0.15) is 29.1 Å². The second-order valence-corrected chi connectivity index (χ2v) is 3.73. The third-order valence-electron chi connectivity index (χ3n) is 2.71. The summed E-state index contributed by atoms with van der Waals surface area (Å²) in [6, 6.07) is 0. The van der Waals surface area contributed by atoms with E-state index >= 15 is 0 Å². The van der Waals surface area contributed by atoms with Gasteiger partial charge in [-0.05, 0) is 6.92 Å². The van der Waals surface area contributed by atoms with Gasteiger partial charge in [0.05, 0.1) is 11.4 Å². The van der Waals surface area contributed by atoms with E-state index < -0.39 is 0 Å². The van der Waals surface area contributed by atoms with E-state index in [4.69, 9.17) is 9.62 Å². The lowest BCUT2D eigenvalue weighted by Crippen LogP contribution is -2.38. The molecule has 0 saturated carbocycles. The molecule has 86 valence electrons. The number of carbonyl (C=O) groups is 1. The maximum atomic E-state index is 12.0. The van der Waals surface area contributed by atoms with Gasteiger partial charge < -0.3 is 14.5 Å². The first kappa shape index (κ1) is 10.7. The van der Waals surface area contributed by atoms with Crippen molar-refractivity contribution in [1.82, 2.24) is 9.88 Å². The van der Waals surface area contributed by atoms with E-state index in [-0.39, 0.29) is 5.91 Å². The number of hydrogen-bond acceptors (Lipinski definition) is 5. The number of carbonyl (C=O) groups excluding carboxylic acids is 1. The number of amides is 1. The van der Waals surface area contributed by atoms with Crippen molar-refractivity contribution in [3.05, 3.63) is 17.8 Å². The molecule has 2 rings (SSSR count). The molecule has 1 aromatic rings. The lowest BCUT2D eigenvalue weighted by atomic mass is 10.1. The summed E-state index contributed by atoms with van der Waals surface area (Å²) in [4.78, 5) is 17.5. The fourth-order valence-electron chi connectivity index (χ4n) is 1.72. The first-order valence-corrected chi connectivity index (χ1v) is 5.11. The summed E-state index contributed by atoms with van der Waals surface area (Å²) in [6.45, 7) is 2.85. The minimum atomic E-state index is -0.146. The second-order valence-electron chi connectivity index (χ2n) is 3.73. The van der Waals surface area contributed by atoms with Crippen LogP contribution in [0.15, 0.2) is 16.0 Å². The molecule has 16 heavy (non-hydrogen) atoms. The van der Waals surface area contributed by atoms with Gasteiger partial charge in [0.1, 0.15) is 0 Å². The molecule has 0 atom stereocenters. The summed E-state index contributed by atoms with van der Waals surface area (Å²) >= 11 is 0. The van der Waals surface area contributed by atoms with Crippen molar-refractivity contribution in [3.63, 3.8) is 0 Å². The molecule has 6 nitrogen and oxygen atoms in total. The summed E-state index contributed by atoms with van der Waals surface area (Å²) in [5.74, 6) is 0.149. The molecule has 0 bridgehead atoms. The molecule has 0 unspecified atom stereocenters. The van der Waals surface area contributed by atoms with Crippen LogP contribution in [-0.4, -0.2) is 39.8 Å². The highest BCUT2D eigenvalue weighted by atomic mass is 16.4. The van der Waals surface area contributed by atoms with E-state index in [1.54, 1.807) is 11.8 Å². The quantitative estimate of drug-likeness (QED) is 0.570.